The normalized spacial score (nSPS) is 14.3. The molecule has 0 aliphatic heterocycles. The summed E-state index contributed by atoms with van der Waals surface area (Å²) in [5, 5.41) is 3.23. The maximum atomic E-state index is 11.7. The Morgan fingerprint density at radius 1 is 1.32 bits per heavy atom. The van der Waals surface area contributed by atoms with Crippen LogP contribution in [0.4, 0.5) is 0 Å². The molecule has 7 heteroatoms. The average molecular weight is 287 g/mol. The van der Waals surface area contributed by atoms with Crippen LogP contribution < -0.4 is 16.6 Å². The van der Waals surface area contributed by atoms with E-state index in [9.17, 15) is 13.8 Å². The molecule has 0 fully saturated rings. The van der Waals surface area contributed by atoms with Gasteiger partial charge in [0, 0.05) is 61.3 Å². The van der Waals surface area contributed by atoms with Crippen LogP contribution >= 0.6 is 0 Å². The van der Waals surface area contributed by atoms with Crippen molar-refractivity contribution >= 4 is 10.8 Å². The van der Waals surface area contributed by atoms with Crippen molar-refractivity contribution in [2.24, 2.45) is 14.1 Å². The zero-order valence-corrected chi connectivity index (χ0v) is 12.6. The molecule has 0 aliphatic rings. The van der Waals surface area contributed by atoms with E-state index in [-0.39, 0.29) is 17.3 Å². The van der Waals surface area contributed by atoms with E-state index in [4.69, 9.17) is 0 Å². The molecular formula is C12H21N3O3S. The summed E-state index contributed by atoms with van der Waals surface area (Å²) in [6, 6.07) is 1.64. The molecule has 0 aromatic carbocycles. The van der Waals surface area contributed by atoms with Gasteiger partial charge in [-0.2, -0.15) is 0 Å². The lowest BCUT2D eigenvalue weighted by Crippen LogP contribution is -2.39. The van der Waals surface area contributed by atoms with Crippen molar-refractivity contribution in [2.75, 3.05) is 12.0 Å². The van der Waals surface area contributed by atoms with Gasteiger partial charge >= 0.3 is 5.69 Å². The monoisotopic (exact) mass is 287 g/mol. The van der Waals surface area contributed by atoms with Crippen molar-refractivity contribution in [3.63, 3.8) is 0 Å². The van der Waals surface area contributed by atoms with Gasteiger partial charge in [-0.1, -0.05) is 0 Å². The van der Waals surface area contributed by atoms with Gasteiger partial charge in [-0.15, -0.1) is 0 Å². The van der Waals surface area contributed by atoms with Gasteiger partial charge in [-0.3, -0.25) is 18.1 Å². The standard InChI is InChI=1S/C12H21N3O3S/c1-9(5-6-19(4)18)13-8-10-7-11(16)15(3)12(17)14(10)2/h7,9,13H,5-6,8H2,1-4H3. The minimum absolute atomic E-state index is 0.183. The predicted molar refractivity (Wildman–Crippen MR) is 76.8 cm³/mol. The number of nitrogens with zero attached hydrogens (tertiary/aromatic N) is 2. The van der Waals surface area contributed by atoms with Crippen molar-refractivity contribution in [1.82, 2.24) is 14.5 Å². The minimum atomic E-state index is -0.798. The van der Waals surface area contributed by atoms with Gasteiger partial charge in [-0.25, -0.2) is 4.79 Å². The molecule has 108 valence electrons. The lowest BCUT2D eigenvalue weighted by atomic mass is 10.2. The Morgan fingerprint density at radius 3 is 2.53 bits per heavy atom. The van der Waals surface area contributed by atoms with E-state index < -0.39 is 10.8 Å². The minimum Gasteiger partial charge on any atom is -0.309 e. The molecule has 0 bridgehead atoms. The maximum Gasteiger partial charge on any atom is 0.330 e. The van der Waals surface area contributed by atoms with Crippen molar-refractivity contribution in [3.05, 3.63) is 32.6 Å². The van der Waals surface area contributed by atoms with E-state index in [1.807, 2.05) is 6.92 Å². The third-order valence-corrected chi connectivity index (χ3v) is 3.91. The van der Waals surface area contributed by atoms with E-state index in [0.29, 0.717) is 18.0 Å². The van der Waals surface area contributed by atoms with Gasteiger partial charge in [0.15, 0.2) is 0 Å². The van der Waals surface area contributed by atoms with Crippen LogP contribution in [0.5, 0.6) is 0 Å². The number of hydrogen-bond donors (Lipinski definition) is 1. The Hall–Kier alpha value is -1.21. The van der Waals surface area contributed by atoms with Crippen molar-refractivity contribution in [1.29, 1.82) is 0 Å². The second-order valence-corrected chi connectivity index (χ2v) is 6.28. The molecule has 0 spiro atoms. The highest BCUT2D eigenvalue weighted by atomic mass is 32.2. The topological polar surface area (TPSA) is 73.1 Å². The fraction of sp³-hybridized carbons (Fsp3) is 0.667. The summed E-state index contributed by atoms with van der Waals surface area (Å²) in [5.74, 6) is 0.643. The third kappa shape index (κ3) is 4.43. The van der Waals surface area contributed by atoms with Crippen LogP contribution in [0.2, 0.25) is 0 Å². The highest BCUT2D eigenvalue weighted by Gasteiger charge is 2.08. The molecule has 2 unspecified atom stereocenters. The number of aromatic nitrogens is 2. The molecule has 1 rings (SSSR count). The molecule has 1 aromatic heterocycles. The first-order valence-corrected chi connectivity index (χ1v) is 7.85. The van der Waals surface area contributed by atoms with Crippen LogP contribution in [-0.2, 0) is 31.4 Å². The van der Waals surface area contributed by atoms with Crippen LogP contribution in [-0.4, -0.2) is 31.4 Å². The summed E-state index contributed by atoms with van der Waals surface area (Å²) in [7, 11) is 2.31. The summed E-state index contributed by atoms with van der Waals surface area (Å²) in [6.07, 6.45) is 2.47. The highest BCUT2D eigenvalue weighted by molar-refractivity contribution is 7.84. The van der Waals surface area contributed by atoms with Crippen LogP contribution in [0.1, 0.15) is 19.0 Å². The van der Waals surface area contributed by atoms with Gasteiger partial charge < -0.3 is 5.32 Å². The number of hydrogen-bond acceptors (Lipinski definition) is 4. The zero-order valence-electron chi connectivity index (χ0n) is 11.8. The van der Waals surface area contributed by atoms with Gasteiger partial charge in [0.2, 0.25) is 0 Å². The molecule has 6 nitrogen and oxygen atoms in total. The maximum absolute atomic E-state index is 11.7. The molecule has 0 saturated carbocycles. The van der Waals surface area contributed by atoms with Crippen molar-refractivity contribution in [2.45, 2.75) is 25.9 Å². The fourth-order valence-corrected chi connectivity index (χ4v) is 2.36. The summed E-state index contributed by atoms with van der Waals surface area (Å²) in [5.41, 5.74) is 0.0198. The fourth-order valence-electron chi connectivity index (χ4n) is 1.67. The van der Waals surface area contributed by atoms with E-state index in [1.165, 1.54) is 17.7 Å². The van der Waals surface area contributed by atoms with Crippen molar-refractivity contribution in [3.8, 4) is 0 Å². The first-order valence-electron chi connectivity index (χ1n) is 6.12. The van der Waals surface area contributed by atoms with Crippen LogP contribution in [0.15, 0.2) is 15.7 Å². The summed E-state index contributed by atoms with van der Waals surface area (Å²) in [6.45, 7) is 2.44. The summed E-state index contributed by atoms with van der Waals surface area (Å²) >= 11 is 0. The summed E-state index contributed by atoms with van der Waals surface area (Å²) in [4.78, 5) is 23.3. The Labute approximate surface area is 114 Å². The lowest BCUT2D eigenvalue weighted by Gasteiger charge is -2.15. The molecule has 0 amide bonds. The van der Waals surface area contributed by atoms with Gasteiger partial charge in [0.1, 0.15) is 0 Å². The lowest BCUT2D eigenvalue weighted by molar-refractivity contribution is 0.512. The summed E-state index contributed by atoms with van der Waals surface area (Å²) < 4.78 is 13.5. The second-order valence-electron chi connectivity index (χ2n) is 4.72. The van der Waals surface area contributed by atoms with E-state index in [0.717, 1.165) is 11.0 Å². The average Bonchev–Trinajstić information content (AvgIpc) is 2.36. The molecule has 1 aromatic rings. The number of nitrogens with one attached hydrogen (secondary N) is 1. The number of rotatable bonds is 6. The van der Waals surface area contributed by atoms with Crippen molar-refractivity contribution < 1.29 is 4.21 Å². The van der Waals surface area contributed by atoms with E-state index >= 15 is 0 Å². The van der Waals surface area contributed by atoms with Gasteiger partial charge in [0.25, 0.3) is 5.56 Å². The Bertz CT molecular complexity index is 577. The molecule has 1 N–H and O–H groups in total. The predicted octanol–water partition coefficient (Wildman–Crippen LogP) is -0.669. The second kappa shape index (κ2) is 6.81. The molecular weight excluding hydrogens is 266 g/mol. The quantitative estimate of drug-likeness (QED) is 0.753. The largest absolute Gasteiger partial charge is 0.330 e. The van der Waals surface area contributed by atoms with Crippen LogP contribution in [0, 0.1) is 0 Å². The molecule has 0 radical (unpaired) electrons. The van der Waals surface area contributed by atoms with Gasteiger partial charge in [0.05, 0.1) is 0 Å². The van der Waals surface area contributed by atoms with Crippen LogP contribution in [0.3, 0.4) is 0 Å². The SMILES string of the molecule is CC(CCS(C)=O)NCc1cc(=O)n(C)c(=O)n1C. The van der Waals surface area contributed by atoms with E-state index in [2.05, 4.69) is 5.32 Å². The molecule has 0 aliphatic carbocycles. The highest BCUT2D eigenvalue weighted by Crippen LogP contribution is 1.96. The Balaban J connectivity index is 2.71. The van der Waals surface area contributed by atoms with E-state index in [1.54, 1.807) is 13.3 Å². The van der Waals surface area contributed by atoms with Crippen LogP contribution in [0.25, 0.3) is 0 Å². The third-order valence-electron chi connectivity index (χ3n) is 3.10. The zero-order chi connectivity index (χ0) is 14.6. The molecule has 2 atom stereocenters. The van der Waals surface area contributed by atoms with Gasteiger partial charge in [-0.05, 0) is 13.3 Å². The molecule has 19 heavy (non-hydrogen) atoms. The molecule has 1 heterocycles. The smallest absolute Gasteiger partial charge is 0.309 e. The first-order chi connectivity index (χ1) is 8.82. The Morgan fingerprint density at radius 2 is 1.95 bits per heavy atom. The first kappa shape index (κ1) is 15.8. The molecule has 0 saturated heterocycles. The Kier molecular flexibility index (Phi) is 5.68.